The summed E-state index contributed by atoms with van der Waals surface area (Å²) in [4.78, 5) is 13.0. The number of nitriles is 1. The Kier molecular flexibility index (Phi) is 3.95. The van der Waals surface area contributed by atoms with E-state index in [9.17, 15) is 0 Å². The number of pyridine rings is 1. The summed E-state index contributed by atoms with van der Waals surface area (Å²) in [5.41, 5.74) is 4.97. The number of H-pyrrole nitrogens is 1. The van der Waals surface area contributed by atoms with Gasteiger partial charge in [-0.25, -0.2) is 0 Å². The van der Waals surface area contributed by atoms with Gasteiger partial charge in [0.25, 0.3) is 0 Å². The molecule has 7 heteroatoms. The van der Waals surface area contributed by atoms with Crippen LogP contribution in [0.5, 0.6) is 5.75 Å². The molecule has 28 heavy (non-hydrogen) atoms. The van der Waals surface area contributed by atoms with Crippen LogP contribution in [0.1, 0.15) is 35.8 Å². The smallest absolute Gasteiger partial charge is 0.141 e. The number of ether oxygens (including phenoxy) is 1. The molecule has 0 unspecified atom stereocenters. The van der Waals surface area contributed by atoms with Gasteiger partial charge in [0.2, 0.25) is 0 Å². The fraction of sp³-hybridized carbons (Fsp3) is 0.190. The summed E-state index contributed by atoms with van der Waals surface area (Å²) in [6.07, 6.45) is 9.30. The van der Waals surface area contributed by atoms with Crippen molar-refractivity contribution in [1.82, 2.24) is 25.1 Å². The molecule has 0 saturated carbocycles. The second-order valence-electron chi connectivity index (χ2n) is 6.75. The Morgan fingerprint density at radius 1 is 1.14 bits per heavy atom. The van der Waals surface area contributed by atoms with Gasteiger partial charge < -0.3 is 4.74 Å². The number of hydrogen-bond donors (Lipinski definition) is 1. The second kappa shape index (κ2) is 6.74. The van der Waals surface area contributed by atoms with E-state index in [0.717, 1.165) is 52.9 Å². The van der Waals surface area contributed by atoms with E-state index in [1.165, 1.54) is 0 Å². The van der Waals surface area contributed by atoms with Crippen molar-refractivity contribution in [3.05, 3.63) is 65.9 Å². The molecule has 0 fully saturated rings. The van der Waals surface area contributed by atoms with E-state index in [2.05, 4.69) is 31.2 Å². The molecule has 1 aromatic carbocycles. The Hall–Kier alpha value is -3.79. The Bertz CT molecular complexity index is 1190. The minimum Gasteiger partial charge on any atom is -0.484 e. The molecule has 1 N–H and O–H groups in total. The summed E-state index contributed by atoms with van der Waals surface area (Å²) >= 11 is 0. The minimum absolute atomic E-state index is 0.124. The molecule has 1 aliphatic carbocycles. The Labute approximate surface area is 161 Å². The van der Waals surface area contributed by atoms with Crippen LogP contribution < -0.4 is 4.74 Å². The summed E-state index contributed by atoms with van der Waals surface area (Å²) in [6.45, 7) is 0. The van der Waals surface area contributed by atoms with Gasteiger partial charge in [-0.05, 0) is 49.1 Å². The van der Waals surface area contributed by atoms with Crippen LogP contribution in [0.2, 0.25) is 0 Å². The minimum atomic E-state index is -0.124. The molecule has 4 aromatic rings. The Morgan fingerprint density at radius 3 is 2.96 bits per heavy atom. The molecule has 1 atom stereocenters. The molecule has 0 saturated heterocycles. The van der Waals surface area contributed by atoms with E-state index in [-0.39, 0.29) is 6.10 Å². The second-order valence-corrected chi connectivity index (χ2v) is 6.75. The van der Waals surface area contributed by atoms with Crippen molar-refractivity contribution in [2.24, 2.45) is 0 Å². The topological polar surface area (TPSA) is 100 Å². The molecule has 0 aliphatic heterocycles. The standard InChI is InChI=1S/C21H16N6O/c22-10-13-8-14-2-1-3-19(20(14)25-11-13)28-15-4-5-17-16(9-15)21(27-26-17)18-12-23-6-7-24-18/h4-9,11-12,19H,1-3H2,(H,26,27)/t19-/m1/s1. The summed E-state index contributed by atoms with van der Waals surface area (Å²) in [7, 11) is 0. The number of hydrogen-bond acceptors (Lipinski definition) is 6. The monoisotopic (exact) mass is 368 g/mol. The van der Waals surface area contributed by atoms with E-state index in [1.54, 1.807) is 24.8 Å². The molecular weight excluding hydrogens is 352 g/mol. The van der Waals surface area contributed by atoms with E-state index in [4.69, 9.17) is 10.00 Å². The SMILES string of the molecule is N#Cc1cnc2c(c1)CCC[C@H]2Oc1ccc2[nH]nc(-c3cnccn3)c2c1. The maximum atomic E-state index is 9.10. The van der Waals surface area contributed by atoms with Gasteiger partial charge in [0.1, 0.15) is 29.3 Å². The lowest BCUT2D eigenvalue weighted by molar-refractivity contribution is 0.178. The van der Waals surface area contributed by atoms with Gasteiger partial charge in [-0.1, -0.05) is 0 Å². The largest absolute Gasteiger partial charge is 0.484 e. The van der Waals surface area contributed by atoms with Crippen LogP contribution in [-0.2, 0) is 6.42 Å². The fourth-order valence-electron chi connectivity index (χ4n) is 3.65. The van der Waals surface area contributed by atoms with E-state index < -0.39 is 0 Å². The van der Waals surface area contributed by atoms with Gasteiger partial charge in [-0.3, -0.25) is 20.1 Å². The van der Waals surface area contributed by atoms with Gasteiger partial charge in [-0.15, -0.1) is 0 Å². The van der Waals surface area contributed by atoms with Crippen LogP contribution in [0.4, 0.5) is 0 Å². The zero-order chi connectivity index (χ0) is 18.9. The van der Waals surface area contributed by atoms with Gasteiger partial charge >= 0.3 is 0 Å². The number of nitrogens with one attached hydrogen (secondary N) is 1. The average molecular weight is 368 g/mol. The Morgan fingerprint density at radius 2 is 2.11 bits per heavy atom. The van der Waals surface area contributed by atoms with E-state index in [0.29, 0.717) is 11.3 Å². The third kappa shape index (κ3) is 2.85. The molecule has 0 bridgehead atoms. The van der Waals surface area contributed by atoms with Crippen LogP contribution in [-0.4, -0.2) is 25.1 Å². The van der Waals surface area contributed by atoms with Crippen LogP contribution in [0, 0.1) is 11.3 Å². The predicted octanol–water partition coefficient (Wildman–Crippen LogP) is 3.74. The molecule has 0 amide bonds. The van der Waals surface area contributed by atoms with E-state index >= 15 is 0 Å². The van der Waals surface area contributed by atoms with Gasteiger partial charge in [-0.2, -0.15) is 10.4 Å². The van der Waals surface area contributed by atoms with Crippen LogP contribution in [0.25, 0.3) is 22.3 Å². The highest BCUT2D eigenvalue weighted by molar-refractivity contribution is 5.92. The molecule has 5 rings (SSSR count). The van der Waals surface area contributed by atoms with Crippen molar-refractivity contribution < 1.29 is 4.74 Å². The molecular formula is C21H16N6O. The summed E-state index contributed by atoms with van der Waals surface area (Å²) < 4.78 is 6.30. The number of benzene rings is 1. The van der Waals surface area contributed by atoms with Crippen LogP contribution >= 0.6 is 0 Å². The van der Waals surface area contributed by atoms with Crippen LogP contribution in [0.3, 0.4) is 0 Å². The fourth-order valence-corrected chi connectivity index (χ4v) is 3.65. The van der Waals surface area contributed by atoms with Crippen molar-refractivity contribution in [3.8, 4) is 23.2 Å². The van der Waals surface area contributed by atoms with Crippen molar-refractivity contribution in [2.45, 2.75) is 25.4 Å². The summed E-state index contributed by atoms with van der Waals surface area (Å²) in [5, 5.41) is 17.4. The quantitative estimate of drug-likeness (QED) is 0.591. The number of rotatable bonds is 3. The molecule has 3 aromatic heterocycles. The van der Waals surface area contributed by atoms with Gasteiger partial charge in [0.15, 0.2) is 0 Å². The predicted molar refractivity (Wildman–Crippen MR) is 102 cm³/mol. The van der Waals surface area contributed by atoms with Crippen LogP contribution in [0.15, 0.2) is 49.1 Å². The first-order valence-corrected chi connectivity index (χ1v) is 9.12. The third-order valence-corrected chi connectivity index (χ3v) is 4.97. The van der Waals surface area contributed by atoms with Crippen molar-refractivity contribution in [1.29, 1.82) is 5.26 Å². The first-order chi connectivity index (χ1) is 13.8. The molecule has 0 spiro atoms. The number of aryl methyl sites for hydroxylation is 1. The lowest BCUT2D eigenvalue weighted by Gasteiger charge is -2.25. The highest BCUT2D eigenvalue weighted by Crippen LogP contribution is 2.34. The maximum absolute atomic E-state index is 9.10. The third-order valence-electron chi connectivity index (χ3n) is 4.97. The summed E-state index contributed by atoms with van der Waals surface area (Å²) in [5.74, 6) is 0.753. The lowest BCUT2D eigenvalue weighted by atomic mass is 9.93. The van der Waals surface area contributed by atoms with E-state index in [1.807, 2.05) is 24.3 Å². The molecule has 0 radical (unpaired) electrons. The molecule has 7 nitrogen and oxygen atoms in total. The number of aromatic amines is 1. The number of nitrogens with zero attached hydrogens (tertiary/aromatic N) is 5. The average Bonchev–Trinajstić information content (AvgIpc) is 3.17. The molecule has 3 heterocycles. The summed E-state index contributed by atoms with van der Waals surface area (Å²) in [6, 6.07) is 9.93. The van der Waals surface area contributed by atoms with Crippen molar-refractivity contribution >= 4 is 10.9 Å². The maximum Gasteiger partial charge on any atom is 0.141 e. The first-order valence-electron chi connectivity index (χ1n) is 9.12. The molecule has 136 valence electrons. The zero-order valence-corrected chi connectivity index (χ0v) is 15.0. The normalized spacial score (nSPS) is 15.8. The highest BCUT2D eigenvalue weighted by atomic mass is 16.5. The lowest BCUT2D eigenvalue weighted by Crippen LogP contribution is -2.17. The van der Waals surface area contributed by atoms with Gasteiger partial charge in [0.05, 0.1) is 23.0 Å². The highest BCUT2D eigenvalue weighted by Gasteiger charge is 2.24. The zero-order valence-electron chi connectivity index (χ0n) is 15.0. The van der Waals surface area contributed by atoms with Crippen molar-refractivity contribution in [2.75, 3.05) is 0 Å². The van der Waals surface area contributed by atoms with Crippen molar-refractivity contribution in [3.63, 3.8) is 0 Å². The number of aromatic nitrogens is 5. The van der Waals surface area contributed by atoms with Gasteiger partial charge in [0, 0.05) is 24.0 Å². The molecule has 1 aliphatic rings. The first kappa shape index (κ1) is 16.4. The number of fused-ring (bicyclic) bond motifs is 2. The Balaban J connectivity index is 1.49.